The number of aliphatic hydroxyl groups excluding tert-OH is 1. The lowest BCUT2D eigenvalue weighted by atomic mass is 9.98. The number of carbonyl (C=O) groups is 2. The van der Waals surface area contributed by atoms with Crippen LogP contribution in [0.15, 0.2) is 58.8 Å². The molecule has 2 aromatic heterocycles. The molecule has 7 heteroatoms. The van der Waals surface area contributed by atoms with E-state index in [-0.39, 0.29) is 11.3 Å². The molecule has 5 nitrogen and oxygen atoms in total. The van der Waals surface area contributed by atoms with Crippen molar-refractivity contribution < 1.29 is 19.4 Å². The highest BCUT2D eigenvalue weighted by atomic mass is 32.1. The number of rotatable bonds is 6. The molecule has 1 saturated heterocycles. The Labute approximate surface area is 182 Å². The lowest BCUT2D eigenvalue weighted by Crippen LogP contribution is -2.28. The molecule has 1 aromatic carbocycles. The maximum absolute atomic E-state index is 13.0. The zero-order valence-corrected chi connectivity index (χ0v) is 18.3. The number of thiophene rings is 2. The summed E-state index contributed by atoms with van der Waals surface area (Å²) in [7, 11) is 0. The third-order valence-electron chi connectivity index (χ3n) is 5.01. The highest BCUT2D eigenvalue weighted by Crippen LogP contribution is 2.42. The van der Waals surface area contributed by atoms with Crippen LogP contribution in [0.3, 0.4) is 0 Å². The molecule has 0 saturated carbocycles. The second kappa shape index (κ2) is 8.45. The second-order valence-electron chi connectivity index (χ2n) is 6.94. The minimum Gasteiger partial charge on any atom is -0.507 e. The highest BCUT2D eigenvalue weighted by molar-refractivity contribution is 7.10. The van der Waals surface area contributed by atoms with E-state index < -0.39 is 17.7 Å². The molecule has 154 valence electrons. The molecule has 30 heavy (non-hydrogen) atoms. The van der Waals surface area contributed by atoms with Crippen molar-refractivity contribution in [3.05, 3.63) is 79.7 Å². The first kappa shape index (κ1) is 20.4. The standard InChI is InChI=1S/C23H21NO4S2/c1-3-28-17-9-8-15(12-14(17)2)21(25)19-20(18-7-5-11-30-18)24(23(27)22(19)26)13-16-6-4-10-29-16/h4-12,20,25H,3,13H2,1-2H3/b21-19-. The number of ketones is 1. The summed E-state index contributed by atoms with van der Waals surface area (Å²) in [5.41, 5.74) is 1.47. The Morgan fingerprint density at radius 2 is 1.90 bits per heavy atom. The van der Waals surface area contributed by atoms with Crippen LogP contribution >= 0.6 is 22.7 Å². The first-order valence-corrected chi connectivity index (χ1v) is 11.3. The molecule has 4 rings (SSSR count). The SMILES string of the molecule is CCOc1ccc(/C(O)=C2/C(=O)C(=O)N(Cc3cccs3)C2c2cccs2)cc1C. The number of hydrogen-bond donors (Lipinski definition) is 1. The molecule has 3 aromatic rings. The van der Waals surface area contributed by atoms with Crippen LogP contribution in [0.1, 0.15) is 33.8 Å². The van der Waals surface area contributed by atoms with Crippen molar-refractivity contribution in [3.63, 3.8) is 0 Å². The van der Waals surface area contributed by atoms with Gasteiger partial charge in [0.05, 0.1) is 18.7 Å². The fourth-order valence-corrected chi connectivity index (χ4v) is 5.17. The molecule has 1 aliphatic heterocycles. The Morgan fingerprint density at radius 3 is 2.53 bits per heavy atom. The highest BCUT2D eigenvalue weighted by Gasteiger charge is 2.46. The van der Waals surface area contributed by atoms with Crippen LogP contribution in [0.2, 0.25) is 0 Å². The van der Waals surface area contributed by atoms with Crippen molar-refractivity contribution in [1.29, 1.82) is 0 Å². The van der Waals surface area contributed by atoms with E-state index in [0.717, 1.165) is 21.1 Å². The maximum Gasteiger partial charge on any atom is 0.296 e. The number of likely N-dealkylation sites (tertiary alicyclic amines) is 1. The van der Waals surface area contributed by atoms with Gasteiger partial charge in [-0.2, -0.15) is 0 Å². The van der Waals surface area contributed by atoms with Crippen LogP contribution in [-0.2, 0) is 16.1 Å². The first-order valence-electron chi connectivity index (χ1n) is 9.59. The molecule has 1 aliphatic rings. The predicted octanol–water partition coefficient (Wildman–Crippen LogP) is 5.14. The lowest BCUT2D eigenvalue weighted by molar-refractivity contribution is -0.140. The third kappa shape index (κ3) is 3.66. The van der Waals surface area contributed by atoms with Gasteiger partial charge in [-0.3, -0.25) is 9.59 Å². The van der Waals surface area contributed by atoms with Crippen LogP contribution in [0, 0.1) is 6.92 Å². The number of aryl methyl sites for hydroxylation is 1. The van der Waals surface area contributed by atoms with Gasteiger partial charge in [-0.25, -0.2) is 0 Å². The van der Waals surface area contributed by atoms with Crippen LogP contribution in [0.5, 0.6) is 5.75 Å². The Kier molecular flexibility index (Phi) is 5.74. The zero-order valence-electron chi connectivity index (χ0n) is 16.6. The monoisotopic (exact) mass is 439 g/mol. The van der Waals surface area contributed by atoms with E-state index in [2.05, 4.69) is 0 Å². The fraction of sp³-hybridized carbons (Fsp3) is 0.217. The molecular formula is C23H21NO4S2. The van der Waals surface area contributed by atoms with E-state index >= 15 is 0 Å². The van der Waals surface area contributed by atoms with Crippen molar-refractivity contribution in [2.45, 2.75) is 26.4 Å². The molecule has 1 fully saturated rings. The second-order valence-corrected chi connectivity index (χ2v) is 8.95. The van der Waals surface area contributed by atoms with E-state index in [4.69, 9.17) is 4.74 Å². The van der Waals surface area contributed by atoms with Crippen molar-refractivity contribution in [3.8, 4) is 5.75 Å². The number of ether oxygens (including phenoxy) is 1. The van der Waals surface area contributed by atoms with E-state index in [1.807, 2.05) is 48.9 Å². The maximum atomic E-state index is 13.0. The quantitative estimate of drug-likeness (QED) is 0.328. The summed E-state index contributed by atoms with van der Waals surface area (Å²) in [4.78, 5) is 29.3. The molecule has 3 heterocycles. The number of hydrogen-bond acceptors (Lipinski definition) is 6. The summed E-state index contributed by atoms with van der Waals surface area (Å²) in [6.07, 6.45) is 0. The average Bonchev–Trinajstić information content (AvgIpc) is 3.48. The van der Waals surface area contributed by atoms with Crippen LogP contribution < -0.4 is 4.74 Å². The summed E-state index contributed by atoms with van der Waals surface area (Å²) in [5, 5.41) is 15.0. The molecule has 1 amide bonds. The van der Waals surface area contributed by atoms with Gasteiger partial charge in [0, 0.05) is 15.3 Å². The number of carbonyl (C=O) groups excluding carboxylic acids is 2. The van der Waals surface area contributed by atoms with Crippen molar-refractivity contribution in [2.24, 2.45) is 0 Å². The topological polar surface area (TPSA) is 66.8 Å². The zero-order chi connectivity index (χ0) is 21.3. The van der Waals surface area contributed by atoms with Gasteiger partial charge in [-0.1, -0.05) is 12.1 Å². The first-order chi connectivity index (χ1) is 14.5. The van der Waals surface area contributed by atoms with Crippen LogP contribution in [-0.4, -0.2) is 28.3 Å². The Hall–Kier alpha value is -2.90. The van der Waals surface area contributed by atoms with Crippen LogP contribution in [0.4, 0.5) is 0 Å². The Balaban J connectivity index is 1.81. The molecule has 1 unspecified atom stereocenters. The minimum absolute atomic E-state index is 0.127. The molecule has 1 N–H and O–H groups in total. The largest absolute Gasteiger partial charge is 0.507 e. The number of nitrogens with zero attached hydrogens (tertiary/aromatic N) is 1. The molecule has 1 atom stereocenters. The van der Waals surface area contributed by atoms with E-state index in [1.54, 1.807) is 23.1 Å². The molecule has 0 bridgehead atoms. The number of benzene rings is 1. The average molecular weight is 440 g/mol. The van der Waals surface area contributed by atoms with Gasteiger partial charge < -0.3 is 14.7 Å². The van der Waals surface area contributed by atoms with E-state index in [9.17, 15) is 14.7 Å². The summed E-state index contributed by atoms with van der Waals surface area (Å²) in [6, 6.07) is 12.3. The molecule has 0 aliphatic carbocycles. The summed E-state index contributed by atoms with van der Waals surface area (Å²) in [5.74, 6) is -0.686. The number of Topliss-reactive ketones (excluding diaryl/α,β-unsaturated/α-hetero) is 1. The summed E-state index contributed by atoms with van der Waals surface area (Å²) in [6.45, 7) is 4.65. The van der Waals surface area contributed by atoms with Gasteiger partial charge in [0.25, 0.3) is 11.7 Å². The molecular weight excluding hydrogens is 418 g/mol. The van der Waals surface area contributed by atoms with E-state index in [1.165, 1.54) is 22.7 Å². The number of aliphatic hydroxyl groups is 1. The smallest absolute Gasteiger partial charge is 0.296 e. The molecule has 0 radical (unpaired) electrons. The normalized spacial score (nSPS) is 18.2. The van der Waals surface area contributed by atoms with Gasteiger partial charge in [-0.05, 0) is 60.5 Å². The van der Waals surface area contributed by atoms with Gasteiger partial charge in [0.15, 0.2) is 0 Å². The van der Waals surface area contributed by atoms with Crippen molar-refractivity contribution in [2.75, 3.05) is 6.61 Å². The third-order valence-corrected chi connectivity index (χ3v) is 6.79. The Morgan fingerprint density at radius 1 is 1.13 bits per heavy atom. The lowest BCUT2D eigenvalue weighted by Gasteiger charge is -2.23. The van der Waals surface area contributed by atoms with Crippen LogP contribution in [0.25, 0.3) is 5.76 Å². The molecule has 0 spiro atoms. The Bertz CT molecular complexity index is 1100. The minimum atomic E-state index is -0.658. The predicted molar refractivity (Wildman–Crippen MR) is 119 cm³/mol. The fourth-order valence-electron chi connectivity index (χ4n) is 3.63. The van der Waals surface area contributed by atoms with Gasteiger partial charge in [0.1, 0.15) is 17.6 Å². The van der Waals surface area contributed by atoms with E-state index in [0.29, 0.717) is 18.7 Å². The van der Waals surface area contributed by atoms with Gasteiger partial charge in [0.2, 0.25) is 0 Å². The number of amides is 1. The summed E-state index contributed by atoms with van der Waals surface area (Å²) >= 11 is 2.99. The van der Waals surface area contributed by atoms with Gasteiger partial charge in [-0.15, -0.1) is 22.7 Å². The summed E-state index contributed by atoms with van der Waals surface area (Å²) < 4.78 is 5.57. The van der Waals surface area contributed by atoms with Crippen molar-refractivity contribution in [1.82, 2.24) is 4.90 Å². The van der Waals surface area contributed by atoms with Crippen molar-refractivity contribution >= 4 is 40.1 Å². The van der Waals surface area contributed by atoms with Gasteiger partial charge >= 0.3 is 0 Å².